The van der Waals surface area contributed by atoms with Gasteiger partial charge < -0.3 is 18.6 Å². The summed E-state index contributed by atoms with van der Waals surface area (Å²) < 4.78 is 14.2. The summed E-state index contributed by atoms with van der Waals surface area (Å²) >= 11 is 0. The molecule has 2 aromatic heterocycles. The van der Waals surface area contributed by atoms with Crippen LogP contribution in [-0.2, 0) is 34.5 Å². The van der Waals surface area contributed by atoms with E-state index in [9.17, 15) is 9.59 Å². The summed E-state index contributed by atoms with van der Waals surface area (Å²) in [6.07, 6.45) is 1.65. The second-order valence-corrected chi connectivity index (χ2v) is 6.41. The van der Waals surface area contributed by atoms with Gasteiger partial charge in [0.15, 0.2) is 0 Å². The first-order valence-corrected chi connectivity index (χ1v) is 8.51. The van der Waals surface area contributed by atoms with Gasteiger partial charge >= 0.3 is 11.9 Å². The second-order valence-electron chi connectivity index (χ2n) is 6.41. The fraction of sp³-hybridized carbons (Fsp3) is 0.300. The van der Waals surface area contributed by atoms with Gasteiger partial charge in [-0.1, -0.05) is 30.3 Å². The summed E-state index contributed by atoms with van der Waals surface area (Å²) in [6.45, 7) is 3.73. The van der Waals surface area contributed by atoms with Gasteiger partial charge in [0, 0.05) is 13.2 Å². The maximum atomic E-state index is 12.4. The van der Waals surface area contributed by atoms with Crippen LogP contribution in [0.15, 0.2) is 48.7 Å². The van der Waals surface area contributed by atoms with Crippen LogP contribution in [-0.4, -0.2) is 27.2 Å². The highest BCUT2D eigenvalue weighted by atomic mass is 16.5. The Morgan fingerprint density at radius 3 is 2.50 bits per heavy atom. The van der Waals surface area contributed by atoms with Crippen LogP contribution in [0, 0.1) is 0 Å². The van der Waals surface area contributed by atoms with Crippen molar-refractivity contribution in [3.63, 3.8) is 0 Å². The Morgan fingerprint density at radius 2 is 1.81 bits per heavy atom. The molecule has 0 fully saturated rings. The fourth-order valence-electron chi connectivity index (χ4n) is 2.80. The van der Waals surface area contributed by atoms with Gasteiger partial charge in [-0.2, -0.15) is 0 Å². The molecule has 0 atom stereocenters. The van der Waals surface area contributed by atoms with E-state index in [0.717, 1.165) is 16.6 Å². The molecule has 0 radical (unpaired) electrons. The number of fused-ring (bicyclic) bond motifs is 1. The number of aryl methyl sites for hydroxylation is 1. The Bertz CT molecular complexity index is 922. The van der Waals surface area contributed by atoms with Crippen LogP contribution in [0.4, 0.5) is 0 Å². The largest absolute Gasteiger partial charge is 0.459 e. The van der Waals surface area contributed by atoms with Crippen LogP contribution in [0.3, 0.4) is 0 Å². The van der Waals surface area contributed by atoms with Crippen LogP contribution < -0.4 is 0 Å². The molecule has 6 nitrogen and oxygen atoms in total. The number of aromatic nitrogens is 2. The molecule has 0 spiro atoms. The zero-order valence-corrected chi connectivity index (χ0v) is 15.1. The first-order chi connectivity index (χ1) is 12.5. The highest BCUT2D eigenvalue weighted by Gasteiger charge is 2.21. The van der Waals surface area contributed by atoms with Crippen LogP contribution in [0.2, 0.25) is 0 Å². The van der Waals surface area contributed by atoms with Gasteiger partial charge in [0.2, 0.25) is 0 Å². The molecule has 136 valence electrons. The molecule has 0 unspecified atom stereocenters. The summed E-state index contributed by atoms with van der Waals surface area (Å²) in [7, 11) is 1.89. The van der Waals surface area contributed by atoms with Crippen molar-refractivity contribution < 1.29 is 19.1 Å². The normalized spacial score (nSPS) is 11.1. The highest BCUT2D eigenvalue weighted by molar-refractivity contribution is 5.95. The van der Waals surface area contributed by atoms with E-state index in [1.165, 1.54) is 0 Å². The van der Waals surface area contributed by atoms with Gasteiger partial charge in [0.25, 0.3) is 0 Å². The molecule has 6 heteroatoms. The molecule has 1 aromatic carbocycles. The standard InChI is InChI=1S/C20H22N2O4/c1-14(2)26-20(24)18-11-17-16(9-10-21(17)3)22(18)12-19(23)25-13-15-7-5-4-6-8-15/h4-11,14H,12-13H2,1-3H3. The summed E-state index contributed by atoms with van der Waals surface area (Å²) in [5.74, 6) is -0.860. The van der Waals surface area contributed by atoms with Gasteiger partial charge in [-0.05, 0) is 31.5 Å². The predicted octanol–water partition coefficient (Wildman–Crippen LogP) is 3.29. The lowest BCUT2D eigenvalue weighted by Gasteiger charge is -2.12. The number of hydrogen-bond donors (Lipinski definition) is 0. The number of rotatable bonds is 6. The lowest BCUT2D eigenvalue weighted by Crippen LogP contribution is -2.20. The smallest absolute Gasteiger partial charge is 0.355 e. The Labute approximate surface area is 151 Å². The monoisotopic (exact) mass is 354 g/mol. The van der Waals surface area contributed by atoms with Gasteiger partial charge in [0.05, 0.1) is 17.1 Å². The summed E-state index contributed by atoms with van der Waals surface area (Å²) in [5, 5.41) is 0. The van der Waals surface area contributed by atoms with E-state index in [4.69, 9.17) is 9.47 Å². The third-order valence-corrected chi connectivity index (χ3v) is 4.04. The van der Waals surface area contributed by atoms with E-state index in [0.29, 0.717) is 5.69 Å². The molecule has 26 heavy (non-hydrogen) atoms. The van der Waals surface area contributed by atoms with E-state index in [1.54, 1.807) is 24.5 Å². The van der Waals surface area contributed by atoms with Crippen molar-refractivity contribution in [3.05, 3.63) is 59.9 Å². The van der Waals surface area contributed by atoms with Crippen LogP contribution in [0.5, 0.6) is 0 Å². The molecule has 0 aliphatic carbocycles. The number of hydrogen-bond acceptors (Lipinski definition) is 4. The first kappa shape index (κ1) is 17.8. The second kappa shape index (κ2) is 7.47. The van der Waals surface area contributed by atoms with Crippen molar-refractivity contribution in [3.8, 4) is 0 Å². The molecule has 0 aliphatic rings. The fourth-order valence-corrected chi connectivity index (χ4v) is 2.80. The molecule has 0 amide bonds. The van der Waals surface area contributed by atoms with Crippen molar-refractivity contribution in [1.82, 2.24) is 9.13 Å². The number of benzene rings is 1. The van der Waals surface area contributed by atoms with Crippen molar-refractivity contribution >= 4 is 23.0 Å². The molecular weight excluding hydrogens is 332 g/mol. The third kappa shape index (κ3) is 3.79. The quantitative estimate of drug-likeness (QED) is 0.637. The van der Waals surface area contributed by atoms with Crippen molar-refractivity contribution in [2.45, 2.75) is 33.1 Å². The number of esters is 2. The number of ether oxygens (including phenoxy) is 2. The topological polar surface area (TPSA) is 62.5 Å². The third-order valence-electron chi connectivity index (χ3n) is 4.04. The van der Waals surface area contributed by atoms with Gasteiger partial charge in [0.1, 0.15) is 18.8 Å². The molecule has 0 saturated carbocycles. The predicted molar refractivity (Wildman–Crippen MR) is 97.7 cm³/mol. The van der Waals surface area contributed by atoms with E-state index in [1.807, 2.05) is 54.2 Å². The molecule has 2 heterocycles. The van der Waals surface area contributed by atoms with E-state index < -0.39 is 11.9 Å². The number of nitrogens with zero attached hydrogens (tertiary/aromatic N) is 2. The minimum absolute atomic E-state index is 0.0527. The number of carbonyl (C=O) groups is 2. The zero-order valence-electron chi connectivity index (χ0n) is 15.1. The van der Waals surface area contributed by atoms with Gasteiger partial charge in [-0.15, -0.1) is 0 Å². The molecule has 0 N–H and O–H groups in total. The maximum Gasteiger partial charge on any atom is 0.355 e. The molecule has 3 rings (SSSR count). The van der Waals surface area contributed by atoms with Gasteiger partial charge in [-0.3, -0.25) is 4.79 Å². The van der Waals surface area contributed by atoms with Crippen LogP contribution in [0.25, 0.3) is 11.0 Å². The Hall–Kier alpha value is -3.02. The van der Waals surface area contributed by atoms with E-state index in [-0.39, 0.29) is 19.3 Å². The van der Waals surface area contributed by atoms with Crippen LogP contribution in [0.1, 0.15) is 29.9 Å². The Balaban J connectivity index is 1.81. The van der Waals surface area contributed by atoms with E-state index >= 15 is 0 Å². The Morgan fingerprint density at radius 1 is 1.08 bits per heavy atom. The zero-order chi connectivity index (χ0) is 18.7. The summed E-state index contributed by atoms with van der Waals surface area (Å²) in [6, 6.07) is 13.1. The number of carbonyl (C=O) groups excluding carboxylic acids is 2. The lowest BCUT2D eigenvalue weighted by atomic mass is 10.2. The molecule has 0 bridgehead atoms. The molecule has 0 saturated heterocycles. The van der Waals surface area contributed by atoms with Crippen LogP contribution >= 0.6 is 0 Å². The molecular formula is C20H22N2O4. The SMILES string of the molecule is CC(C)OC(=O)c1cc2c(ccn2C)n1CC(=O)OCc1ccccc1. The highest BCUT2D eigenvalue weighted by Crippen LogP contribution is 2.22. The molecule has 3 aromatic rings. The molecule has 0 aliphatic heterocycles. The minimum Gasteiger partial charge on any atom is -0.459 e. The van der Waals surface area contributed by atoms with E-state index in [2.05, 4.69) is 0 Å². The lowest BCUT2D eigenvalue weighted by molar-refractivity contribution is -0.145. The van der Waals surface area contributed by atoms with Crippen molar-refractivity contribution in [2.75, 3.05) is 0 Å². The average molecular weight is 354 g/mol. The summed E-state index contributed by atoms with van der Waals surface area (Å²) in [5.41, 5.74) is 2.91. The van der Waals surface area contributed by atoms with Crippen molar-refractivity contribution in [1.29, 1.82) is 0 Å². The average Bonchev–Trinajstić information content (AvgIpc) is 3.14. The summed E-state index contributed by atoms with van der Waals surface area (Å²) in [4.78, 5) is 24.7. The van der Waals surface area contributed by atoms with Gasteiger partial charge in [-0.25, -0.2) is 4.79 Å². The van der Waals surface area contributed by atoms with Crippen molar-refractivity contribution in [2.24, 2.45) is 7.05 Å². The maximum absolute atomic E-state index is 12.4. The minimum atomic E-state index is -0.452. The first-order valence-electron chi connectivity index (χ1n) is 8.51. The Kier molecular flexibility index (Phi) is 5.11.